The summed E-state index contributed by atoms with van der Waals surface area (Å²) < 4.78 is 5.94. The molecule has 2 saturated heterocycles. The summed E-state index contributed by atoms with van der Waals surface area (Å²) in [4.78, 5) is 2.64. The van der Waals surface area contributed by atoms with Gasteiger partial charge in [0.25, 0.3) is 0 Å². The first-order chi connectivity index (χ1) is 8.15. The summed E-state index contributed by atoms with van der Waals surface area (Å²) in [5.41, 5.74) is 0. The van der Waals surface area contributed by atoms with Gasteiger partial charge in [-0.25, -0.2) is 0 Å². The molecule has 2 aliphatic rings. The monoisotopic (exact) mass is 240 g/mol. The zero-order chi connectivity index (χ0) is 12.3. The van der Waals surface area contributed by atoms with E-state index in [-0.39, 0.29) is 0 Å². The van der Waals surface area contributed by atoms with Crippen LogP contribution >= 0.6 is 0 Å². The average Bonchev–Trinajstić information content (AvgIpc) is 2.86. The minimum absolute atomic E-state index is 0.481. The van der Waals surface area contributed by atoms with Crippen molar-refractivity contribution in [2.45, 2.75) is 70.7 Å². The molecular weight excluding hydrogens is 212 g/mol. The van der Waals surface area contributed by atoms with Gasteiger partial charge in [0, 0.05) is 25.2 Å². The lowest BCUT2D eigenvalue weighted by Gasteiger charge is -2.28. The molecule has 3 unspecified atom stereocenters. The first-order valence-electron chi connectivity index (χ1n) is 7.28. The van der Waals surface area contributed by atoms with E-state index in [0.717, 1.165) is 19.1 Å². The topological polar surface area (TPSA) is 24.5 Å². The molecule has 0 bridgehead atoms. The summed E-state index contributed by atoms with van der Waals surface area (Å²) in [7, 11) is 0. The summed E-state index contributed by atoms with van der Waals surface area (Å²) in [6.45, 7) is 10.2. The highest BCUT2D eigenvalue weighted by Gasteiger charge is 2.29. The molecule has 17 heavy (non-hydrogen) atoms. The molecule has 2 heterocycles. The molecule has 2 rings (SSSR count). The van der Waals surface area contributed by atoms with E-state index in [2.05, 4.69) is 31.0 Å². The molecule has 3 atom stereocenters. The lowest BCUT2D eigenvalue weighted by molar-refractivity contribution is 0.0286. The number of nitrogens with zero attached hydrogens (tertiary/aromatic N) is 1. The third kappa shape index (κ3) is 3.94. The third-order valence-corrected chi connectivity index (χ3v) is 4.02. The third-order valence-electron chi connectivity index (χ3n) is 4.02. The Balaban J connectivity index is 1.74. The Labute approximate surface area is 106 Å². The van der Waals surface area contributed by atoms with E-state index < -0.39 is 0 Å². The van der Waals surface area contributed by atoms with Crippen molar-refractivity contribution in [2.75, 3.05) is 19.6 Å². The van der Waals surface area contributed by atoms with Crippen molar-refractivity contribution in [3.8, 4) is 0 Å². The van der Waals surface area contributed by atoms with E-state index in [4.69, 9.17) is 4.74 Å². The van der Waals surface area contributed by atoms with Gasteiger partial charge in [-0.05, 0) is 39.2 Å². The lowest BCUT2D eigenvalue weighted by Crippen LogP contribution is -2.43. The highest BCUT2D eigenvalue weighted by atomic mass is 16.5. The van der Waals surface area contributed by atoms with Gasteiger partial charge in [0.2, 0.25) is 0 Å². The summed E-state index contributed by atoms with van der Waals surface area (Å²) in [5.74, 6) is 0. The number of nitrogens with one attached hydrogen (secondary N) is 1. The lowest BCUT2D eigenvalue weighted by atomic mass is 10.1. The molecule has 2 fully saturated rings. The highest BCUT2D eigenvalue weighted by Crippen LogP contribution is 2.23. The predicted molar refractivity (Wildman–Crippen MR) is 71.3 cm³/mol. The SMILES string of the molecule is CC(C)NCC1CCCN1CC1CCC(C)O1. The second kappa shape index (κ2) is 6.17. The first-order valence-corrected chi connectivity index (χ1v) is 7.28. The molecule has 0 radical (unpaired) electrons. The van der Waals surface area contributed by atoms with Gasteiger partial charge in [-0.3, -0.25) is 4.90 Å². The van der Waals surface area contributed by atoms with Crippen LogP contribution in [-0.2, 0) is 4.74 Å². The largest absolute Gasteiger partial charge is 0.374 e. The van der Waals surface area contributed by atoms with Crippen LogP contribution in [-0.4, -0.2) is 48.8 Å². The molecule has 0 saturated carbocycles. The van der Waals surface area contributed by atoms with Gasteiger partial charge in [-0.2, -0.15) is 0 Å². The average molecular weight is 240 g/mol. The van der Waals surface area contributed by atoms with Crippen LogP contribution in [0.3, 0.4) is 0 Å². The molecule has 0 aromatic rings. The van der Waals surface area contributed by atoms with E-state index in [9.17, 15) is 0 Å². The van der Waals surface area contributed by atoms with Gasteiger partial charge < -0.3 is 10.1 Å². The van der Waals surface area contributed by atoms with E-state index in [1.54, 1.807) is 0 Å². The summed E-state index contributed by atoms with van der Waals surface area (Å²) in [6, 6.07) is 1.33. The second-order valence-electron chi connectivity index (χ2n) is 6.00. The maximum Gasteiger partial charge on any atom is 0.0706 e. The van der Waals surface area contributed by atoms with Crippen molar-refractivity contribution in [2.24, 2.45) is 0 Å². The minimum atomic E-state index is 0.481. The van der Waals surface area contributed by atoms with Gasteiger partial charge >= 0.3 is 0 Å². The van der Waals surface area contributed by atoms with Crippen molar-refractivity contribution in [3.63, 3.8) is 0 Å². The molecule has 1 N–H and O–H groups in total. The standard InChI is InChI=1S/C14H28N2O/c1-11(2)15-9-13-5-4-8-16(13)10-14-7-6-12(3)17-14/h11-15H,4-10H2,1-3H3. The number of hydrogen-bond acceptors (Lipinski definition) is 3. The molecule has 100 valence electrons. The smallest absolute Gasteiger partial charge is 0.0706 e. The van der Waals surface area contributed by atoms with Crippen LogP contribution in [0.15, 0.2) is 0 Å². The Morgan fingerprint density at radius 3 is 2.76 bits per heavy atom. The van der Waals surface area contributed by atoms with Crippen LogP contribution in [0.2, 0.25) is 0 Å². The number of hydrogen-bond donors (Lipinski definition) is 1. The Kier molecular flexibility index (Phi) is 4.83. The molecule has 0 aliphatic carbocycles. The van der Waals surface area contributed by atoms with E-state index >= 15 is 0 Å². The van der Waals surface area contributed by atoms with Gasteiger partial charge in [-0.1, -0.05) is 13.8 Å². The molecule has 3 heteroatoms. The van der Waals surface area contributed by atoms with Crippen molar-refractivity contribution < 1.29 is 4.74 Å². The number of ether oxygens (including phenoxy) is 1. The molecule has 2 aliphatic heterocycles. The number of likely N-dealkylation sites (tertiary alicyclic amines) is 1. The van der Waals surface area contributed by atoms with Crippen LogP contribution < -0.4 is 5.32 Å². The van der Waals surface area contributed by atoms with Gasteiger partial charge in [0.1, 0.15) is 0 Å². The van der Waals surface area contributed by atoms with Crippen LogP contribution in [0, 0.1) is 0 Å². The van der Waals surface area contributed by atoms with E-state index in [1.807, 2.05) is 0 Å². The highest BCUT2D eigenvalue weighted by molar-refractivity contribution is 4.85. The van der Waals surface area contributed by atoms with E-state index in [1.165, 1.54) is 32.2 Å². The van der Waals surface area contributed by atoms with Crippen LogP contribution in [0.1, 0.15) is 46.5 Å². The zero-order valence-corrected chi connectivity index (χ0v) is 11.6. The quantitative estimate of drug-likeness (QED) is 0.795. The first kappa shape index (κ1) is 13.3. The molecule has 0 amide bonds. The fraction of sp³-hybridized carbons (Fsp3) is 1.00. The van der Waals surface area contributed by atoms with Crippen molar-refractivity contribution in [3.05, 3.63) is 0 Å². The van der Waals surface area contributed by atoms with Crippen molar-refractivity contribution >= 4 is 0 Å². The summed E-state index contributed by atoms with van der Waals surface area (Å²) >= 11 is 0. The predicted octanol–water partition coefficient (Wildman–Crippen LogP) is 2.02. The van der Waals surface area contributed by atoms with Gasteiger partial charge in [-0.15, -0.1) is 0 Å². The van der Waals surface area contributed by atoms with Crippen molar-refractivity contribution in [1.82, 2.24) is 10.2 Å². The van der Waals surface area contributed by atoms with Crippen LogP contribution in [0.5, 0.6) is 0 Å². The van der Waals surface area contributed by atoms with Gasteiger partial charge in [0.05, 0.1) is 12.2 Å². The maximum atomic E-state index is 5.94. The molecular formula is C14H28N2O. The van der Waals surface area contributed by atoms with Crippen molar-refractivity contribution in [1.29, 1.82) is 0 Å². The summed E-state index contributed by atoms with van der Waals surface area (Å²) in [6.07, 6.45) is 6.17. The molecule has 0 aromatic carbocycles. The normalized spacial score (nSPS) is 34.9. The Morgan fingerprint density at radius 2 is 2.12 bits per heavy atom. The maximum absolute atomic E-state index is 5.94. The Hall–Kier alpha value is -0.120. The van der Waals surface area contributed by atoms with Gasteiger partial charge in [0.15, 0.2) is 0 Å². The zero-order valence-electron chi connectivity index (χ0n) is 11.6. The van der Waals surface area contributed by atoms with Crippen LogP contribution in [0.4, 0.5) is 0 Å². The second-order valence-corrected chi connectivity index (χ2v) is 6.00. The minimum Gasteiger partial charge on any atom is -0.374 e. The fourth-order valence-corrected chi connectivity index (χ4v) is 3.02. The van der Waals surface area contributed by atoms with E-state index in [0.29, 0.717) is 18.2 Å². The number of rotatable bonds is 5. The fourth-order valence-electron chi connectivity index (χ4n) is 3.02. The Bertz CT molecular complexity index is 232. The molecule has 0 aromatic heterocycles. The molecule has 3 nitrogen and oxygen atoms in total. The Morgan fingerprint density at radius 1 is 1.29 bits per heavy atom. The molecule has 0 spiro atoms. The summed E-state index contributed by atoms with van der Waals surface area (Å²) in [5, 5.41) is 3.57. The van der Waals surface area contributed by atoms with Crippen LogP contribution in [0.25, 0.3) is 0 Å².